The zero-order chi connectivity index (χ0) is 14.8. The molecule has 0 radical (unpaired) electrons. The average Bonchev–Trinajstić information content (AvgIpc) is 2.33. The average molecular weight is 330 g/mol. The van der Waals surface area contributed by atoms with E-state index in [4.69, 9.17) is 17.3 Å². The van der Waals surface area contributed by atoms with Crippen LogP contribution in [0.25, 0.3) is 0 Å². The lowest BCUT2D eigenvalue weighted by Crippen LogP contribution is -2.41. The second kappa shape index (κ2) is 7.06. The van der Waals surface area contributed by atoms with Crippen LogP contribution in [0.5, 0.6) is 5.75 Å². The van der Waals surface area contributed by atoms with E-state index in [1.54, 1.807) is 0 Å². The highest BCUT2D eigenvalue weighted by Crippen LogP contribution is 2.38. The van der Waals surface area contributed by atoms with Crippen LogP contribution in [0.3, 0.4) is 0 Å². The van der Waals surface area contributed by atoms with Crippen LogP contribution in [-0.4, -0.2) is 23.6 Å². The molecule has 0 unspecified atom stereocenters. The molecule has 0 aliphatic heterocycles. The molecular weight excluding hydrogens is 315 g/mol. The van der Waals surface area contributed by atoms with E-state index in [-0.39, 0.29) is 35.2 Å². The molecule has 20 heavy (non-hydrogen) atoms. The molecule has 1 aromatic carbocycles. The lowest BCUT2D eigenvalue weighted by molar-refractivity contribution is -0.174. The SMILES string of the molecule is CCOC(=O)C(F)(F)[C@H](N)c1cc(Cl)cc(C)c1O.Cl. The van der Waals surface area contributed by atoms with Gasteiger partial charge in [-0.3, -0.25) is 0 Å². The summed E-state index contributed by atoms with van der Waals surface area (Å²) in [5.41, 5.74) is 5.36. The molecule has 3 N–H and O–H groups in total. The van der Waals surface area contributed by atoms with Crippen LogP contribution in [-0.2, 0) is 9.53 Å². The molecule has 0 heterocycles. The maximum Gasteiger partial charge on any atom is 0.379 e. The van der Waals surface area contributed by atoms with E-state index < -0.39 is 23.7 Å². The van der Waals surface area contributed by atoms with E-state index in [2.05, 4.69) is 4.74 Å². The number of esters is 1. The maximum atomic E-state index is 13.8. The minimum Gasteiger partial charge on any atom is -0.507 e. The number of halogens is 4. The van der Waals surface area contributed by atoms with Crippen LogP contribution >= 0.6 is 24.0 Å². The molecule has 0 aromatic heterocycles. The van der Waals surface area contributed by atoms with Crippen LogP contribution in [0.1, 0.15) is 24.1 Å². The third kappa shape index (κ3) is 3.71. The molecule has 0 fully saturated rings. The van der Waals surface area contributed by atoms with Crippen LogP contribution < -0.4 is 5.73 Å². The summed E-state index contributed by atoms with van der Waals surface area (Å²) in [6, 6.07) is 0.459. The second-order valence-corrected chi connectivity index (χ2v) is 4.42. The summed E-state index contributed by atoms with van der Waals surface area (Å²) in [7, 11) is 0. The molecule has 1 atom stereocenters. The number of phenolic OH excluding ortho intramolecular Hbond substituents is 1. The number of alkyl halides is 2. The number of nitrogens with two attached hydrogens (primary N) is 1. The van der Waals surface area contributed by atoms with Gasteiger partial charge in [0, 0.05) is 10.6 Å². The number of hydrogen-bond donors (Lipinski definition) is 2. The molecule has 1 rings (SSSR count). The summed E-state index contributed by atoms with van der Waals surface area (Å²) in [6.45, 7) is 2.70. The number of rotatable bonds is 4. The van der Waals surface area contributed by atoms with Gasteiger partial charge < -0.3 is 15.6 Å². The minimum atomic E-state index is -3.95. The summed E-state index contributed by atoms with van der Waals surface area (Å²) in [5, 5.41) is 9.88. The topological polar surface area (TPSA) is 72.5 Å². The zero-order valence-corrected chi connectivity index (χ0v) is 12.4. The minimum absolute atomic E-state index is 0. The summed E-state index contributed by atoms with van der Waals surface area (Å²) in [6.07, 6.45) is 0. The molecular formula is C12H15Cl2F2NO3. The number of benzene rings is 1. The van der Waals surface area contributed by atoms with Gasteiger partial charge in [0.2, 0.25) is 0 Å². The number of ether oxygens (including phenoxy) is 1. The molecule has 0 bridgehead atoms. The Kier molecular flexibility index (Phi) is 6.67. The Morgan fingerprint density at radius 2 is 2.10 bits per heavy atom. The van der Waals surface area contributed by atoms with Crippen LogP contribution in [0, 0.1) is 6.92 Å². The molecule has 114 valence electrons. The van der Waals surface area contributed by atoms with Crippen LogP contribution in [0.2, 0.25) is 5.02 Å². The quantitative estimate of drug-likeness (QED) is 0.833. The zero-order valence-electron chi connectivity index (χ0n) is 10.8. The summed E-state index contributed by atoms with van der Waals surface area (Å²) in [5.74, 6) is -6.11. The van der Waals surface area contributed by atoms with Crippen molar-refractivity contribution in [1.29, 1.82) is 0 Å². The van der Waals surface area contributed by atoms with Gasteiger partial charge in [-0.25, -0.2) is 4.79 Å². The van der Waals surface area contributed by atoms with Gasteiger partial charge in [-0.05, 0) is 31.5 Å². The molecule has 0 aliphatic rings. The van der Waals surface area contributed by atoms with E-state index in [1.807, 2.05) is 0 Å². The molecule has 0 saturated heterocycles. The Bertz CT molecular complexity index is 498. The summed E-state index contributed by atoms with van der Waals surface area (Å²) in [4.78, 5) is 11.2. The summed E-state index contributed by atoms with van der Waals surface area (Å²) >= 11 is 5.73. The normalized spacial score (nSPS) is 12.5. The molecule has 0 saturated carbocycles. The smallest absolute Gasteiger partial charge is 0.379 e. The molecule has 4 nitrogen and oxygen atoms in total. The Labute approximate surface area is 126 Å². The Balaban J connectivity index is 0.00000361. The van der Waals surface area contributed by atoms with Gasteiger partial charge in [-0.1, -0.05) is 11.6 Å². The fraction of sp³-hybridized carbons (Fsp3) is 0.417. The number of carbonyl (C=O) groups excluding carboxylic acids is 1. The standard InChI is InChI=1S/C12H14ClF2NO3.ClH/c1-3-19-11(18)12(14,15)10(16)8-5-7(13)4-6(2)9(8)17;/h4-5,10,17H,3,16H2,1-2H3;1H/t10-;/m1./s1. The number of carbonyl (C=O) groups is 1. The van der Waals surface area contributed by atoms with Crippen LogP contribution in [0.4, 0.5) is 8.78 Å². The predicted octanol–water partition coefficient (Wildman–Crippen LogP) is 2.97. The highest BCUT2D eigenvalue weighted by molar-refractivity contribution is 6.30. The number of hydrogen-bond acceptors (Lipinski definition) is 4. The summed E-state index contributed by atoms with van der Waals surface area (Å²) < 4.78 is 31.8. The van der Waals surface area contributed by atoms with Crippen molar-refractivity contribution in [2.75, 3.05) is 6.61 Å². The lowest BCUT2D eigenvalue weighted by Gasteiger charge is -2.23. The van der Waals surface area contributed by atoms with Crippen molar-refractivity contribution >= 4 is 30.0 Å². The molecule has 0 amide bonds. The van der Waals surface area contributed by atoms with E-state index in [9.17, 15) is 18.7 Å². The second-order valence-electron chi connectivity index (χ2n) is 3.98. The number of phenols is 1. The molecule has 1 aromatic rings. The highest BCUT2D eigenvalue weighted by atomic mass is 35.5. The van der Waals surface area contributed by atoms with Gasteiger partial charge in [-0.2, -0.15) is 8.78 Å². The largest absolute Gasteiger partial charge is 0.507 e. The van der Waals surface area contributed by atoms with Crippen molar-refractivity contribution in [3.8, 4) is 5.75 Å². The first-order chi connectivity index (χ1) is 8.71. The number of aryl methyl sites for hydroxylation is 1. The molecule has 8 heteroatoms. The number of aromatic hydroxyl groups is 1. The first-order valence-electron chi connectivity index (χ1n) is 5.51. The van der Waals surface area contributed by atoms with E-state index in [0.717, 1.165) is 6.07 Å². The van der Waals surface area contributed by atoms with Crippen molar-refractivity contribution in [3.63, 3.8) is 0 Å². The lowest BCUT2D eigenvalue weighted by atomic mass is 9.98. The van der Waals surface area contributed by atoms with Gasteiger partial charge >= 0.3 is 11.9 Å². The van der Waals surface area contributed by atoms with Crippen molar-refractivity contribution in [2.45, 2.75) is 25.8 Å². The Morgan fingerprint density at radius 3 is 2.60 bits per heavy atom. The van der Waals surface area contributed by atoms with Crippen molar-refractivity contribution in [3.05, 3.63) is 28.3 Å². The third-order valence-corrected chi connectivity index (χ3v) is 2.79. The molecule has 0 aliphatic carbocycles. The van der Waals surface area contributed by atoms with Gasteiger partial charge in [0.25, 0.3) is 0 Å². The van der Waals surface area contributed by atoms with Gasteiger partial charge in [0.1, 0.15) is 11.8 Å². The fourth-order valence-corrected chi connectivity index (χ4v) is 1.83. The van der Waals surface area contributed by atoms with Crippen molar-refractivity contribution in [2.24, 2.45) is 5.73 Å². The first-order valence-corrected chi connectivity index (χ1v) is 5.89. The Hall–Kier alpha value is -1.11. The predicted molar refractivity (Wildman–Crippen MR) is 73.6 cm³/mol. The fourth-order valence-electron chi connectivity index (χ4n) is 1.55. The van der Waals surface area contributed by atoms with Crippen molar-refractivity contribution < 1.29 is 23.4 Å². The van der Waals surface area contributed by atoms with Gasteiger partial charge in [0.05, 0.1) is 6.61 Å². The third-order valence-electron chi connectivity index (χ3n) is 2.57. The maximum absolute atomic E-state index is 13.8. The highest BCUT2D eigenvalue weighted by Gasteiger charge is 2.48. The first kappa shape index (κ1) is 18.9. The van der Waals surface area contributed by atoms with E-state index >= 15 is 0 Å². The molecule has 0 spiro atoms. The monoisotopic (exact) mass is 329 g/mol. The van der Waals surface area contributed by atoms with Crippen LogP contribution in [0.15, 0.2) is 12.1 Å². The van der Waals surface area contributed by atoms with Gasteiger partial charge in [-0.15, -0.1) is 12.4 Å². The van der Waals surface area contributed by atoms with E-state index in [1.165, 1.54) is 19.9 Å². The van der Waals surface area contributed by atoms with Gasteiger partial charge in [0.15, 0.2) is 0 Å². The van der Waals surface area contributed by atoms with Crippen molar-refractivity contribution in [1.82, 2.24) is 0 Å². The van der Waals surface area contributed by atoms with E-state index in [0.29, 0.717) is 0 Å². The Morgan fingerprint density at radius 1 is 1.55 bits per heavy atom.